The van der Waals surface area contributed by atoms with Crippen molar-refractivity contribution < 1.29 is 32.2 Å². The molecular weight excluding hydrogens is 252 g/mol. The van der Waals surface area contributed by atoms with Crippen LogP contribution < -0.4 is 4.18 Å². The van der Waals surface area contributed by atoms with Crippen molar-refractivity contribution in [3.05, 3.63) is 29.8 Å². The molecule has 1 aromatic carbocycles. The number of carboxylic acid groups (broad SMARTS) is 1. The van der Waals surface area contributed by atoms with E-state index in [-0.39, 0.29) is 5.56 Å². The second-order valence-corrected chi connectivity index (χ2v) is 3.93. The molecule has 0 radical (unpaired) electrons. The lowest BCUT2D eigenvalue weighted by molar-refractivity contribution is -0.131. The molecule has 0 aromatic heterocycles. The molecule has 0 heterocycles. The smallest absolute Gasteiger partial charge is 0.446 e. The van der Waals surface area contributed by atoms with Crippen LogP contribution >= 0.6 is 0 Å². The molecular formula is C9H8O7S. The molecule has 0 amide bonds. The normalized spacial score (nSPS) is 11.6. The molecule has 1 rings (SSSR count). The minimum Gasteiger partial charge on any atom is -0.504 e. The van der Waals surface area contributed by atoms with Gasteiger partial charge in [-0.3, -0.25) is 4.55 Å². The number of hydrogen-bond acceptors (Lipinski definition) is 5. The van der Waals surface area contributed by atoms with Crippen LogP contribution in [0.5, 0.6) is 11.5 Å². The van der Waals surface area contributed by atoms with Gasteiger partial charge in [0.1, 0.15) is 0 Å². The molecule has 0 spiro atoms. The van der Waals surface area contributed by atoms with Crippen LogP contribution in [-0.2, 0) is 15.2 Å². The van der Waals surface area contributed by atoms with Crippen LogP contribution in [0.1, 0.15) is 5.56 Å². The lowest BCUT2D eigenvalue weighted by Crippen LogP contribution is -2.06. The highest BCUT2D eigenvalue weighted by Gasteiger charge is 2.11. The molecule has 0 aliphatic rings. The van der Waals surface area contributed by atoms with Crippen molar-refractivity contribution in [3.8, 4) is 11.5 Å². The molecule has 0 atom stereocenters. The first-order valence-corrected chi connectivity index (χ1v) is 5.55. The molecule has 0 bridgehead atoms. The van der Waals surface area contributed by atoms with Gasteiger partial charge in [-0.1, -0.05) is 6.07 Å². The monoisotopic (exact) mass is 260 g/mol. The standard InChI is InChI=1S/C9H8O7S/c10-7-3-1-6(2-4-9(11)12)5-8(7)16-17(13,14)15/h1-5,10H,(H,11,12)(H,13,14,15). The van der Waals surface area contributed by atoms with E-state index in [1.807, 2.05) is 0 Å². The molecule has 0 aliphatic carbocycles. The van der Waals surface area contributed by atoms with Gasteiger partial charge in [-0.25, -0.2) is 4.79 Å². The van der Waals surface area contributed by atoms with E-state index in [9.17, 15) is 18.3 Å². The number of phenolic OH excluding ortho intramolecular Hbond substituents is 1. The Balaban J connectivity index is 3.06. The largest absolute Gasteiger partial charge is 0.504 e. The van der Waals surface area contributed by atoms with Crippen LogP contribution in [-0.4, -0.2) is 29.2 Å². The van der Waals surface area contributed by atoms with E-state index < -0.39 is 27.9 Å². The number of aromatic hydroxyl groups is 1. The van der Waals surface area contributed by atoms with Crippen LogP contribution in [0.4, 0.5) is 0 Å². The third-order valence-corrected chi connectivity index (χ3v) is 1.99. The Kier molecular flexibility index (Phi) is 3.71. The summed E-state index contributed by atoms with van der Waals surface area (Å²) in [5.41, 5.74) is 0.281. The second kappa shape index (κ2) is 4.85. The number of carbonyl (C=O) groups is 1. The summed E-state index contributed by atoms with van der Waals surface area (Å²) in [6.07, 6.45) is 1.99. The van der Waals surface area contributed by atoms with Gasteiger partial charge in [0.05, 0.1) is 0 Å². The van der Waals surface area contributed by atoms with Crippen LogP contribution in [0.3, 0.4) is 0 Å². The Morgan fingerprint density at radius 2 is 2.00 bits per heavy atom. The van der Waals surface area contributed by atoms with Crippen LogP contribution in [0.2, 0.25) is 0 Å². The van der Waals surface area contributed by atoms with Gasteiger partial charge in [0.25, 0.3) is 0 Å². The average molecular weight is 260 g/mol. The summed E-state index contributed by atoms with van der Waals surface area (Å²) < 4.78 is 33.4. The third kappa shape index (κ3) is 4.53. The molecule has 8 heteroatoms. The zero-order valence-corrected chi connectivity index (χ0v) is 9.09. The first kappa shape index (κ1) is 13.0. The summed E-state index contributed by atoms with van der Waals surface area (Å²) in [6, 6.07) is 3.50. The molecule has 0 unspecified atom stereocenters. The minimum atomic E-state index is -4.75. The number of phenols is 1. The van der Waals surface area contributed by atoms with Crippen molar-refractivity contribution in [2.45, 2.75) is 0 Å². The Morgan fingerprint density at radius 3 is 2.53 bits per heavy atom. The fraction of sp³-hybridized carbons (Fsp3) is 0. The number of benzene rings is 1. The summed E-state index contributed by atoms with van der Waals surface area (Å²) in [5, 5.41) is 17.6. The van der Waals surface area contributed by atoms with Gasteiger partial charge < -0.3 is 14.4 Å². The minimum absolute atomic E-state index is 0.281. The number of hydrogen-bond donors (Lipinski definition) is 3. The van der Waals surface area contributed by atoms with Crippen molar-refractivity contribution >= 4 is 22.4 Å². The molecule has 1 aromatic rings. The number of carboxylic acids is 1. The highest BCUT2D eigenvalue weighted by atomic mass is 32.3. The van der Waals surface area contributed by atoms with E-state index in [1.165, 1.54) is 12.1 Å². The maximum absolute atomic E-state index is 10.4. The maximum Gasteiger partial charge on any atom is 0.446 e. The van der Waals surface area contributed by atoms with Gasteiger partial charge in [-0.15, -0.1) is 0 Å². The Hall–Kier alpha value is -2.06. The van der Waals surface area contributed by atoms with Crippen molar-refractivity contribution in [2.24, 2.45) is 0 Å². The van der Waals surface area contributed by atoms with Gasteiger partial charge in [-0.05, 0) is 23.8 Å². The SMILES string of the molecule is O=C(O)C=Cc1ccc(O)c(OS(=O)(=O)O)c1. The first-order valence-electron chi connectivity index (χ1n) is 4.19. The van der Waals surface area contributed by atoms with E-state index in [2.05, 4.69) is 4.18 Å². The number of rotatable bonds is 4. The summed E-state index contributed by atoms with van der Waals surface area (Å²) in [4.78, 5) is 10.2. The number of aliphatic carboxylic acids is 1. The van der Waals surface area contributed by atoms with Gasteiger partial charge in [0.15, 0.2) is 11.5 Å². The zero-order valence-electron chi connectivity index (χ0n) is 8.27. The van der Waals surface area contributed by atoms with Crippen molar-refractivity contribution in [3.63, 3.8) is 0 Å². The lowest BCUT2D eigenvalue weighted by atomic mass is 10.2. The molecule has 7 nitrogen and oxygen atoms in total. The Labute approximate surface area is 96.5 Å². The average Bonchev–Trinajstić information content (AvgIpc) is 2.17. The summed E-state index contributed by atoms with van der Waals surface area (Å²) in [5.74, 6) is -2.19. The van der Waals surface area contributed by atoms with Crippen LogP contribution in [0.15, 0.2) is 24.3 Å². The molecule has 0 aliphatic heterocycles. The van der Waals surface area contributed by atoms with Crippen molar-refractivity contribution in [1.29, 1.82) is 0 Å². The van der Waals surface area contributed by atoms with Gasteiger partial charge in [0.2, 0.25) is 0 Å². The topological polar surface area (TPSA) is 121 Å². The Morgan fingerprint density at radius 1 is 1.35 bits per heavy atom. The predicted molar refractivity (Wildman–Crippen MR) is 57.0 cm³/mol. The second-order valence-electron chi connectivity index (χ2n) is 2.91. The van der Waals surface area contributed by atoms with Gasteiger partial charge in [0, 0.05) is 6.08 Å². The summed E-state index contributed by atoms with van der Waals surface area (Å²) in [6.45, 7) is 0. The maximum atomic E-state index is 10.4. The van der Waals surface area contributed by atoms with Crippen molar-refractivity contribution in [2.75, 3.05) is 0 Å². The van der Waals surface area contributed by atoms with E-state index >= 15 is 0 Å². The molecule has 0 saturated heterocycles. The van der Waals surface area contributed by atoms with Gasteiger partial charge >= 0.3 is 16.4 Å². The van der Waals surface area contributed by atoms with E-state index in [4.69, 9.17) is 9.66 Å². The quantitative estimate of drug-likeness (QED) is 0.537. The van der Waals surface area contributed by atoms with E-state index in [1.54, 1.807) is 0 Å². The molecule has 17 heavy (non-hydrogen) atoms. The molecule has 3 N–H and O–H groups in total. The Bertz CT molecular complexity index is 559. The first-order chi connectivity index (χ1) is 7.78. The summed E-state index contributed by atoms with van der Waals surface area (Å²) in [7, 11) is -4.75. The molecule has 0 saturated carbocycles. The van der Waals surface area contributed by atoms with Crippen LogP contribution in [0.25, 0.3) is 6.08 Å². The van der Waals surface area contributed by atoms with Crippen LogP contribution in [0, 0.1) is 0 Å². The summed E-state index contributed by atoms with van der Waals surface area (Å²) >= 11 is 0. The fourth-order valence-corrected chi connectivity index (χ4v) is 1.34. The van der Waals surface area contributed by atoms with E-state index in [0.29, 0.717) is 0 Å². The fourth-order valence-electron chi connectivity index (χ4n) is 0.982. The highest BCUT2D eigenvalue weighted by molar-refractivity contribution is 7.81. The van der Waals surface area contributed by atoms with Crippen molar-refractivity contribution in [1.82, 2.24) is 0 Å². The van der Waals surface area contributed by atoms with E-state index in [0.717, 1.165) is 18.2 Å². The highest BCUT2D eigenvalue weighted by Crippen LogP contribution is 2.28. The van der Waals surface area contributed by atoms with Gasteiger partial charge in [-0.2, -0.15) is 8.42 Å². The molecule has 0 fully saturated rings. The zero-order chi connectivity index (χ0) is 13.1. The molecule has 92 valence electrons. The lowest BCUT2D eigenvalue weighted by Gasteiger charge is -2.04. The third-order valence-electron chi connectivity index (χ3n) is 1.60. The predicted octanol–water partition coefficient (Wildman–Crippen LogP) is 0.672.